The normalized spacial score (nSPS) is 17.7. The first-order valence-corrected chi connectivity index (χ1v) is 34.8. The number of carbonyl (C=O) groups is 10. The van der Waals surface area contributed by atoms with Crippen molar-refractivity contribution < 1.29 is 57.4 Å². The van der Waals surface area contributed by atoms with Crippen LogP contribution in [0.5, 0.6) is 0 Å². The minimum absolute atomic E-state index is 0.00370. The number of amides is 10. The first-order chi connectivity index (χ1) is 46.1. The highest BCUT2D eigenvalue weighted by Gasteiger charge is 2.44. The van der Waals surface area contributed by atoms with E-state index in [0.717, 1.165) is 36.0 Å². The Hall–Kier alpha value is -7.60. The highest BCUT2D eigenvalue weighted by atomic mass is 16.5. The first kappa shape index (κ1) is 81.8. The highest BCUT2D eigenvalue weighted by molar-refractivity contribution is 6.03. The van der Waals surface area contributed by atoms with E-state index in [1.54, 1.807) is 44.9 Å². The fourth-order valence-electron chi connectivity index (χ4n) is 13.0. The van der Waals surface area contributed by atoms with Crippen LogP contribution in [0.4, 0.5) is 5.69 Å². The molecule has 0 bridgehead atoms. The van der Waals surface area contributed by atoms with Gasteiger partial charge in [-0.25, -0.2) is 0 Å². The zero-order valence-corrected chi connectivity index (χ0v) is 60.5. The van der Waals surface area contributed by atoms with E-state index in [2.05, 4.69) is 31.9 Å². The number of carbonyl (C=O) groups excluding carboxylic acids is 10. The number of nitrogens with zero attached hydrogens (tertiary/aromatic N) is 4. The van der Waals surface area contributed by atoms with E-state index in [4.69, 9.17) is 15.2 Å². The minimum atomic E-state index is -0.865. The Balaban J connectivity index is 0.000000462. The first-order valence-electron chi connectivity index (χ1n) is 34.8. The van der Waals surface area contributed by atoms with Gasteiger partial charge in [-0.2, -0.15) is 0 Å². The van der Waals surface area contributed by atoms with Gasteiger partial charge in [0.25, 0.3) is 0 Å². The largest absolute Gasteiger partial charge is 0.379 e. The number of likely N-dealkylation sites (tertiary alicyclic amines) is 2. The van der Waals surface area contributed by atoms with Crippen LogP contribution in [0.2, 0.25) is 0 Å². The maximum atomic E-state index is 14.4. The fourth-order valence-corrected chi connectivity index (χ4v) is 13.0. The van der Waals surface area contributed by atoms with Gasteiger partial charge >= 0.3 is 0 Å². The summed E-state index contributed by atoms with van der Waals surface area (Å²) in [5, 5.41) is 17.2. The molecule has 0 aromatic heterocycles. The number of methoxy groups -OCH3 is 2. The average Bonchev–Trinajstić information content (AvgIpc) is 1.80. The van der Waals surface area contributed by atoms with Gasteiger partial charge < -0.3 is 56.9 Å². The number of anilines is 1. The minimum Gasteiger partial charge on any atom is -0.379 e. The maximum Gasteiger partial charge on any atom is 0.247 e. The Kier molecular flexibility index (Phi) is 35.1. The van der Waals surface area contributed by atoms with Gasteiger partial charge in [-0.3, -0.25) is 57.7 Å². The van der Waals surface area contributed by atoms with Crippen LogP contribution in [0, 0.1) is 36.5 Å². The number of imide groups is 1. The molecule has 2 aliphatic heterocycles. The zero-order chi connectivity index (χ0) is 72.1. The van der Waals surface area contributed by atoms with E-state index in [9.17, 15) is 47.9 Å². The van der Waals surface area contributed by atoms with Gasteiger partial charge in [0, 0.05) is 78.7 Å². The molecular weight excluding hydrogens is 1230 g/mol. The molecule has 2 heterocycles. The van der Waals surface area contributed by atoms with Crippen molar-refractivity contribution in [3.8, 4) is 0 Å². The SMILES string of the molecule is CC[C@H](C)[C@@H]([C@@H](CC(=O)N1CCC[C@H]1[C@H](OC)[C@@H](C)C(=O)N[C@@H](Cc1ccccc1)C(=O)Nc1ccc(C)cc1)OC)N(C)C(=O)[C@@H](NC(=O)C(C(C)C)N(C)C)C(C)C.CNC(=O)[C@H](CCCCN)NC(=O)[C@H](Cc1ccccc1)NC(=O)CCCCCN1C(=O)CC(C)C1=O. The van der Waals surface area contributed by atoms with Crippen molar-refractivity contribution >= 4 is 64.8 Å². The number of rotatable bonds is 38. The van der Waals surface area contributed by atoms with Gasteiger partial charge in [-0.15, -0.1) is 0 Å². The summed E-state index contributed by atoms with van der Waals surface area (Å²) in [5.74, 6) is -3.70. The summed E-state index contributed by atoms with van der Waals surface area (Å²) in [6.45, 7) is 18.7. The number of nitrogens with two attached hydrogens (primary N) is 1. The lowest BCUT2D eigenvalue weighted by atomic mass is 9.89. The van der Waals surface area contributed by atoms with Gasteiger partial charge in [0.05, 0.1) is 42.7 Å². The summed E-state index contributed by atoms with van der Waals surface area (Å²) < 4.78 is 12.1. The second-order valence-corrected chi connectivity index (χ2v) is 27.1. The van der Waals surface area contributed by atoms with Gasteiger partial charge in [0.1, 0.15) is 24.2 Å². The van der Waals surface area contributed by atoms with E-state index in [1.165, 1.54) is 11.9 Å². The second kappa shape index (κ2) is 41.6. The summed E-state index contributed by atoms with van der Waals surface area (Å²) in [5.41, 5.74) is 9.03. The molecule has 2 aliphatic rings. The van der Waals surface area contributed by atoms with Crippen LogP contribution in [-0.4, -0.2) is 195 Å². The maximum absolute atomic E-state index is 14.4. The molecule has 2 unspecified atom stereocenters. The van der Waals surface area contributed by atoms with Gasteiger partial charge in [-0.05, 0) is 114 Å². The highest BCUT2D eigenvalue weighted by Crippen LogP contribution is 2.30. The van der Waals surface area contributed by atoms with Gasteiger partial charge in [0.2, 0.25) is 59.1 Å². The molecular formula is C74H115N11O12. The lowest BCUT2D eigenvalue weighted by Gasteiger charge is -2.41. The molecule has 97 heavy (non-hydrogen) atoms. The molecule has 23 nitrogen and oxygen atoms in total. The number of hydrogen-bond donors (Lipinski definition) is 7. The third kappa shape index (κ3) is 25.3. The number of aryl methyl sites for hydroxylation is 1. The predicted octanol–water partition coefficient (Wildman–Crippen LogP) is 6.34. The Bertz CT molecular complexity index is 2980. The van der Waals surface area contributed by atoms with Crippen LogP contribution in [-0.2, 0) is 70.3 Å². The van der Waals surface area contributed by atoms with Crippen molar-refractivity contribution in [2.75, 3.05) is 67.4 Å². The Morgan fingerprint density at radius 3 is 1.79 bits per heavy atom. The van der Waals surface area contributed by atoms with Crippen molar-refractivity contribution in [1.82, 2.24) is 46.2 Å². The number of ether oxygens (including phenoxy) is 2. The summed E-state index contributed by atoms with van der Waals surface area (Å²) in [6, 6.07) is 21.9. The average molecular weight is 1350 g/mol. The lowest BCUT2D eigenvalue weighted by Crippen LogP contribution is -2.59. The summed E-state index contributed by atoms with van der Waals surface area (Å²) in [6.07, 6.45) is 5.60. The predicted molar refractivity (Wildman–Crippen MR) is 377 cm³/mol. The van der Waals surface area contributed by atoms with Crippen molar-refractivity contribution in [3.63, 3.8) is 0 Å². The zero-order valence-electron chi connectivity index (χ0n) is 60.5. The fraction of sp³-hybridized carbons (Fsp3) is 0.622. The van der Waals surface area contributed by atoms with E-state index >= 15 is 0 Å². The molecule has 10 amide bonds. The van der Waals surface area contributed by atoms with E-state index < -0.39 is 66.3 Å². The van der Waals surface area contributed by atoms with Crippen LogP contribution >= 0.6 is 0 Å². The van der Waals surface area contributed by atoms with Crippen molar-refractivity contribution in [2.24, 2.45) is 35.3 Å². The molecule has 538 valence electrons. The number of hydrogen-bond acceptors (Lipinski definition) is 14. The van der Waals surface area contributed by atoms with Crippen LogP contribution in [0.3, 0.4) is 0 Å². The molecule has 8 N–H and O–H groups in total. The molecule has 3 aromatic carbocycles. The number of likely N-dealkylation sites (N-methyl/N-ethyl adjacent to an activating group) is 3. The van der Waals surface area contributed by atoms with E-state index in [0.29, 0.717) is 70.3 Å². The summed E-state index contributed by atoms with van der Waals surface area (Å²) >= 11 is 0. The van der Waals surface area contributed by atoms with Crippen LogP contribution in [0.1, 0.15) is 149 Å². The van der Waals surface area contributed by atoms with Crippen LogP contribution in [0.25, 0.3) is 0 Å². The van der Waals surface area contributed by atoms with Gasteiger partial charge in [0.15, 0.2) is 0 Å². The quantitative estimate of drug-likeness (QED) is 0.0244. The smallest absolute Gasteiger partial charge is 0.247 e. The van der Waals surface area contributed by atoms with E-state index in [1.807, 2.05) is 152 Å². The number of benzene rings is 3. The molecule has 0 radical (unpaired) electrons. The molecule has 2 fully saturated rings. The van der Waals surface area contributed by atoms with Crippen LogP contribution < -0.4 is 37.6 Å². The Morgan fingerprint density at radius 1 is 0.680 bits per heavy atom. The van der Waals surface area contributed by atoms with Crippen LogP contribution in [0.15, 0.2) is 84.9 Å². The molecule has 5 rings (SSSR count). The van der Waals surface area contributed by atoms with Crippen molar-refractivity contribution in [1.29, 1.82) is 0 Å². The Morgan fingerprint density at radius 2 is 1.28 bits per heavy atom. The number of unbranched alkanes of at least 4 members (excludes halogenated alkanes) is 3. The van der Waals surface area contributed by atoms with Gasteiger partial charge in [-0.1, -0.05) is 147 Å². The molecule has 0 aliphatic carbocycles. The summed E-state index contributed by atoms with van der Waals surface area (Å²) in [4.78, 5) is 139. The molecule has 3 aromatic rings. The number of nitrogens with one attached hydrogen (secondary N) is 6. The molecule has 0 spiro atoms. The Labute approximate surface area is 576 Å². The second-order valence-electron chi connectivity index (χ2n) is 27.1. The summed E-state index contributed by atoms with van der Waals surface area (Å²) in [7, 11) is 10.1. The molecule has 2 saturated heterocycles. The third-order valence-corrected chi connectivity index (χ3v) is 18.7. The van der Waals surface area contributed by atoms with Crippen molar-refractivity contribution in [3.05, 3.63) is 102 Å². The monoisotopic (exact) mass is 1350 g/mol. The van der Waals surface area contributed by atoms with E-state index in [-0.39, 0.29) is 103 Å². The third-order valence-electron chi connectivity index (χ3n) is 18.7. The molecule has 23 heteroatoms. The molecule has 12 atom stereocenters. The lowest BCUT2D eigenvalue weighted by molar-refractivity contribution is -0.148. The standard InChI is InChI=1S/C47H74N6O7.C27H41N5O5/c1-14-32(7)42(52(11)47(58)40(29(2)3)50-46(57)41(30(4)5)51(9)10)38(59-12)28-39(54)53-26-18-21-37(53)43(60-13)33(8)44(55)49-36(27-34-19-16-15-17-20-34)45(56)48-35-24-22-31(6)23-25-35;1-19-17-24(34)32(27(19)37)16-10-4-7-14-23(33)30-22(18-20-11-5-3-6-12-20)26(36)31-21(25(35)29-2)13-8-9-15-28/h15-17,19-20,22-25,29-30,32-33,36-38,40-43H,14,18,21,26-28H2,1-13H3,(H,48,56)(H,49,55)(H,50,57);3,5-6,11-12,19,21-22H,4,7-10,13-18,28H2,1-2H3,(H,29,35)(H,30,33)(H,31,36)/t32-,33+,36-,37-,38+,40-,41?,42-,43+;19?,21-,22-/m00/s1. The van der Waals surface area contributed by atoms with Crippen molar-refractivity contribution in [2.45, 2.75) is 207 Å². The molecule has 0 saturated carbocycles. The topological polar surface area (TPSA) is 300 Å².